The number of ketones is 1. The lowest BCUT2D eigenvalue weighted by Gasteiger charge is -2.30. The van der Waals surface area contributed by atoms with Gasteiger partial charge >= 0.3 is 6.09 Å². The molecule has 0 bridgehead atoms. The molecule has 0 spiro atoms. The van der Waals surface area contributed by atoms with Gasteiger partial charge in [0.15, 0.2) is 5.78 Å². The number of amides is 1. The topological polar surface area (TPSA) is 46.6 Å². The first-order chi connectivity index (χ1) is 6.06. The average molecular weight is 183 g/mol. The summed E-state index contributed by atoms with van der Waals surface area (Å²) in [6.07, 6.45) is 1.43. The maximum absolute atomic E-state index is 11.2. The average Bonchev–Trinajstić information content (AvgIpc) is 2.02. The Morgan fingerprint density at radius 1 is 1.69 bits per heavy atom. The van der Waals surface area contributed by atoms with Gasteiger partial charge in [0, 0.05) is 24.2 Å². The van der Waals surface area contributed by atoms with Crippen molar-refractivity contribution < 1.29 is 14.3 Å². The Hall–Kier alpha value is -1.32. The molecule has 72 valence electrons. The summed E-state index contributed by atoms with van der Waals surface area (Å²) in [7, 11) is 1.33. The Balaban J connectivity index is 2.90. The highest BCUT2D eigenvalue weighted by Gasteiger charge is 2.27. The van der Waals surface area contributed by atoms with Gasteiger partial charge in [0.05, 0.1) is 7.11 Å². The largest absolute Gasteiger partial charge is 0.452 e. The van der Waals surface area contributed by atoms with Crippen molar-refractivity contribution in [1.29, 1.82) is 0 Å². The third-order valence-electron chi connectivity index (χ3n) is 2.06. The van der Waals surface area contributed by atoms with E-state index in [-0.39, 0.29) is 11.8 Å². The van der Waals surface area contributed by atoms with E-state index in [1.54, 1.807) is 6.92 Å². The highest BCUT2D eigenvalue weighted by molar-refractivity contribution is 5.93. The van der Waals surface area contributed by atoms with Gasteiger partial charge in [-0.3, -0.25) is 9.69 Å². The number of hydrogen-bond acceptors (Lipinski definition) is 3. The molecule has 13 heavy (non-hydrogen) atoms. The summed E-state index contributed by atoms with van der Waals surface area (Å²) >= 11 is 0. The molecule has 0 N–H and O–H groups in total. The number of methoxy groups -OCH3 is 1. The van der Waals surface area contributed by atoms with Crippen molar-refractivity contribution in [3.63, 3.8) is 0 Å². The van der Waals surface area contributed by atoms with Gasteiger partial charge in [-0.15, -0.1) is 0 Å². The molecule has 0 aromatic carbocycles. The number of hydrogen-bond donors (Lipinski definition) is 0. The number of carbonyl (C=O) groups excluding carboxylic acids is 2. The first kappa shape index (κ1) is 9.77. The number of carbonyl (C=O) groups is 2. The lowest BCUT2D eigenvalue weighted by atomic mass is 10.0. The minimum Gasteiger partial charge on any atom is -0.452 e. The van der Waals surface area contributed by atoms with Crippen LogP contribution in [0.3, 0.4) is 0 Å². The molecule has 1 rings (SSSR count). The summed E-state index contributed by atoms with van der Waals surface area (Å²) in [6.45, 7) is 3.55. The standard InChI is InChI=1S/C9H13NO3/c1-6-4-8(11)5-7(2)10(6)9(12)13-3/h4,7H,5H2,1-3H3/t7-/m0/s1. The van der Waals surface area contributed by atoms with Crippen LogP contribution in [0.2, 0.25) is 0 Å². The molecule has 1 aliphatic heterocycles. The summed E-state index contributed by atoms with van der Waals surface area (Å²) in [4.78, 5) is 23.8. The normalized spacial score (nSPS) is 22.7. The van der Waals surface area contributed by atoms with Crippen molar-refractivity contribution in [2.45, 2.75) is 26.3 Å². The maximum atomic E-state index is 11.2. The van der Waals surface area contributed by atoms with E-state index in [1.165, 1.54) is 18.1 Å². The van der Waals surface area contributed by atoms with Gasteiger partial charge in [-0.2, -0.15) is 0 Å². The fourth-order valence-corrected chi connectivity index (χ4v) is 1.51. The molecule has 0 radical (unpaired) electrons. The van der Waals surface area contributed by atoms with Gasteiger partial charge in [0.25, 0.3) is 0 Å². The van der Waals surface area contributed by atoms with E-state index < -0.39 is 6.09 Å². The van der Waals surface area contributed by atoms with E-state index in [9.17, 15) is 9.59 Å². The second kappa shape index (κ2) is 3.60. The van der Waals surface area contributed by atoms with Crippen molar-refractivity contribution in [3.8, 4) is 0 Å². The van der Waals surface area contributed by atoms with Crippen LogP contribution >= 0.6 is 0 Å². The van der Waals surface area contributed by atoms with Crippen LogP contribution in [-0.4, -0.2) is 29.9 Å². The lowest BCUT2D eigenvalue weighted by molar-refractivity contribution is -0.116. The van der Waals surface area contributed by atoms with Crippen LogP contribution in [0.15, 0.2) is 11.8 Å². The predicted octanol–water partition coefficient (Wildman–Crippen LogP) is 1.32. The molecule has 0 fully saturated rings. The maximum Gasteiger partial charge on any atom is 0.413 e. The van der Waals surface area contributed by atoms with E-state index in [0.717, 1.165) is 0 Å². The third kappa shape index (κ3) is 1.88. The minimum atomic E-state index is -0.409. The zero-order chi connectivity index (χ0) is 10.0. The first-order valence-electron chi connectivity index (χ1n) is 4.14. The second-order valence-electron chi connectivity index (χ2n) is 3.15. The zero-order valence-electron chi connectivity index (χ0n) is 8.03. The van der Waals surface area contributed by atoms with Crippen LogP contribution in [0.25, 0.3) is 0 Å². The highest BCUT2D eigenvalue weighted by Crippen LogP contribution is 2.19. The summed E-state index contributed by atoms with van der Waals surface area (Å²) in [5.74, 6) is 0.0603. The third-order valence-corrected chi connectivity index (χ3v) is 2.06. The van der Waals surface area contributed by atoms with E-state index in [0.29, 0.717) is 12.1 Å². The SMILES string of the molecule is COC(=O)N1C(C)=CC(=O)C[C@@H]1C. The Bertz CT molecular complexity index is 270. The fourth-order valence-electron chi connectivity index (χ4n) is 1.51. The van der Waals surface area contributed by atoms with Crippen LogP contribution in [0, 0.1) is 0 Å². The Morgan fingerprint density at radius 3 is 2.77 bits per heavy atom. The van der Waals surface area contributed by atoms with Gasteiger partial charge in [-0.25, -0.2) is 4.79 Å². The van der Waals surface area contributed by atoms with Crippen molar-refractivity contribution in [2.75, 3.05) is 7.11 Å². The molecule has 1 heterocycles. The summed E-state index contributed by atoms with van der Waals surface area (Å²) < 4.78 is 4.60. The minimum absolute atomic E-state index is 0.0603. The predicted molar refractivity (Wildman–Crippen MR) is 47.1 cm³/mol. The lowest BCUT2D eigenvalue weighted by Crippen LogP contribution is -2.41. The molecule has 1 amide bonds. The number of ether oxygens (including phenoxy) is 1. The highest BCUT2D eigenvalue weighted by atomic mass is 16.5. The molecule has 4 nitrogen and oxygen atoms in total. The van der Waals surface area contributed by atoms with Crippen molar-refractivity contribution in [3.05, 3.63) is 11.8 Å². The smallest absolute Gasteiger partial charge is 0.413 e. The number of nitrogens with zero attached hydrogens (tertiary/aromatic N) is 1. The molecule has 0 saturated heterocycles. The first-order valence-corrected chi connectivity index (χ1v) is 4.14. The van der Waals surface area contributed by atoms with Crippen LogP contribution < -0.4 is 0 Å². The van der Waals surface area contributed by atoms with Crippen LogP contribution in [0.4, 0.5) is 4.79 Å². The molecule has 4 heteroatoms. The molecule has 0 saturated carbocycles. The molecule has 0 aromatic rings. The van der Waals surface area contributed by atoms with E-state index in [1.807, 2.05) is 6.92 Å². The summed E-state index contributed by atoms with van der Waals surface area (Å²) in [6, 6.07) is -0.107. The monoisotopic (exact) mass is 183 g/mol. The zero-order valence-corrected chi connectivity index (χ0v) is 8.03. The van der Waals surface area contributed by atoms with Crippen LogP contribution in [0.1, 0.15) is 20.3 Å². The van der Waals surface area contributed by atoms with Gasteiger partial charge < -0.3 is 4.74 Å². The molecular formula is C9H13NO3. The summed E-state index contributed by atoms with van der Waals surface area (Å²) in [5.41, 5.74) is 0.649. The van der Waals surface area contributed by atoms with Crippen molar-refractivity contribution >= 4 is 11.9 Å². The molecular weight excluding hydrogens is 170 g/mol. The fraction of sp³-hybridized carbons (Fsp3) is 0.556. The van der Waals surface area contributed by atoms with Gasteiger partial charge in [-0.1, -0.05) is 0 Å². The van der Waals surface area contributed by atoms with E-state index in [2.05, 4.69) is 4.74 Å². The Labute approximate surface area is 77.2 Å². The summed E-state index contributed by atoms with van der Waals surface area (Å²) in [5, 5.41) is 0. The molecule has 0 aromatic heterocycles. The molecule has 0 aliphatic carbocycles. The van der Waals surface area contributed by atoms with Crippen LogP contribution in [0.5, 0.6) is 0 Å². The van der Waals surface area contributed by atoms with E-state index >= 15 is 0 Å². The molecule has 0 unspecified atom stereocenters. The quantitative estimate of drug-likeness (QED) is 0.569. The van der Waals surface area contributed by atoms with Gasteiger partial charge in [0.2, 0.25) is 0 Å². The Morgan fingerprint density at radius 2 is 2.31 bits per heavy atom. The molecule has 1 atom stereocenters. The Kier molecular flexibility index (Phi) is 2.70. The number of rotatable bonds is 0. The number of allylic oxidation sites excluding steroid dienone is 2. The van der Waals surface area contributed by atoms with Gasteiger partial charge in [0.1, 0.15) is 0 Å². The van der Waals surface area contributed by atoms with Gasteiger partial charge in [-0.05, 0) is 13.8 Å². The van der Waals surface area contributed by atoms with Crippen molar-refractivity contribution in [2.24, 2.45) is 0 Å². The van der Waals surface area contributed by atoms with Crippen molar-refractivity contribution in [1.82, 2.24) is 4.90 Å². The van der Waals surface area contributed by atoms with Crippen LogP contribution in [-0.2, 0) is 9.53 Å². The second-order valence-corrected chi connectivity index (χ2v) is 3.15. The van der Waals surface area contributed by atoms with E-state index in [4.69, 9.17) is 0 Å². The molecule has 1 aliphatic rings.